The zero-order valence-electron chi connectivity index (χ0n) is 28.9. The van der Waals surface area contributed by atoms with Crippen molar-refractivity contribution in [2.24, 2.45) is 5.92 Å². The highest BCUT2D eigenvalue weighted by atomic mass is 32.1. The van der Waals surface area contributed by atoms with Gasteiger partial charge in [-0.15, -0.1) is 11.3 Å². The summed E-state index contributed by atoms with van der Waals surface area (Å²) in [4.78, 5) is 54.1. The van der Waals surface area contributed by atoms with Crippen LogP contribution in [-0.2, 0) is 17.9 Å². The number of rotatable bonds is 8. The molecule has 5 aromatic rings. The number of piperidine rings is 2. The van der Waals surface area contributed by atoms with Crippen LogP contribution in [0.15, 0.2) is 71.9 Å². The summed E-state index contributed by atoms with van der Waals surface area (Å²) in [7, 11) is 1.52. The highest BCUT2D eigenvalue weighted by Crippen LogP contribution is 2.38. The third-order valence-electron chi connectivity index (χ3n) is 10.3. The van der Waals surface area contributed by atoms with E-state index in [9.17, 15) is 19.5 Å². The standard InChI is InChI=1S/C38H41FN6O5S/c1-4-42-14-11-28-34(42)40-23-45(36(28)47)22-38(49)12-16-43(17-13-38)35(46)27-10-15-44(21-29(27)25-8-6-5-7-9-25)37(48)33-30(39)20-31(51-33)26-18-24(2)41-32(19-26)50-3/h5-9,11,14,18-20,23,27,29,49H,4,10,12-13,15-17,21-22H2,1-3H3/t27-,29+/m1/s1. The number of benzene rings is 1. The second-order valence-corrected chi connectivity index (χ2v) is 14.6. The van der Waals surface area contributed by atoms with E-state index in [0.717, 1.165) is 28.2 Å². The minimum absolute atomic E-state index is 0.0224. The van der Waals surface area contributed by atoms with E-state index in [0.29, 0.717) is 67.2 Å². The van der Waals surface area contributed by atoms with E-state index in [4.69, 9.17) is 4.74 Å². The number of likely N-dealkylation sites (tertiary alicyclic amines) is 2. The maximum atomic E-state index is 15.4. The molecule has 2 saturated heterocycles. The van der Waals surface area contributed by atoms with Gasteiger partial charge in [0.1, 0.15) is 22.7 Å². The number of hydrogen-bond donors (Lipinski definition) is 1. The SMILES string of the molecule is CCn1ccc2c(=O)n(CC3(O)CCN(C(=O)[C@@H]4CCN(C(=O)c5sc(-c6cc(C)nc(OC)c6)cc5F)C[C@H]4c4ccccc4)CC3)cnc21. The molecule has 266 valence electrons. The van der Waals surface area contributed by atoms with Crippen molar-refractivity contribution >= 4 is 34.2 Å². The second kappa shape index (κ2) is 14.0. The van der Waals surface area contributed by atoms with Crippen LogP contribution in [0.5, 0.6) is 5.88 Å². The Kier molecular flexibility index (Phi) is 9.51. The van der Waals surface area contributed by atoms with E-state index in [1.165, 1.54) is 24.1 Å². The number of halogens is 1. The van der Waals surface area contributed by atoms with Crippen LogP contribution in [0.2, 0.25) is 0 Å². The molecule has 0 aliphatic carbocycles. The molecular weight excluding hydrogens is 672 g/mol. The molecule has 1 aromatic carbocycles. The van der Waals surface area contributed by atoms with Gasteiger partial charge in [-0.3, -0.25) is 19.0 Å². The summed E-state index contributed by atoms with van der Waals surface area (Å²) in [5.41, 5.74) is 1.64. The maximum Gasteiger partial charge on any atom is 0.266 e. The van der Waals surface area contributed by atoms with Crippen molar-refractivity contribution in [3.8, 4) is 16.3 Å². The lowest BCUT2D eigenvalue weighted by molar-refractivity contribution is -0.142. The molecule has 6 heterocycles. The van der Waals surface area contributed by atoms with E-state index in [1.807, 2.05) is 61.0 Å². The van der Waals surface area contributed by atoms with E-state index < -0.39 is 23.2 Å². The number of aromatic nitrogens is 4. The highest BCUT2D eigenvalue weighted by Gasteiger charge is 2.42. The number of amides is 2. The predicted octanol–water partition coefficient (Wildman–Crippen LogP) is 5.10. The van der Waals surface area contributed by atoms with Gasteiger partial charge in [-0.1, -0.05) is 30.3 Å². The molecule has 7 rings (SSSR count). The van der Waals surface area contributed by atoms with Gasteiger partial charge in [-0.05, 0) is 62.4 Å². The van der Waals surface area contributed by atoms with Gasteiger partial charge in [0, 0.05) is 67.4 Å². The molecule has 0 radical (unpaired) electrons. The third kappa shape index (κ3) is 6.79. The predicted molar refractivity (Wildman–Crippen MR) is 192 cm³/mol. The van der Waals surface area contributed by atoms with Crippen LogP contribution >= 0.6 is 11.3 Å². The number of carbonyl (C=O) groups is 2. The summed E-state index contributed by atoms with van der Waals surface area (Å²) in [5.74, 6) is -1.28. The fourth-order valence-corrected chi connectivity index (χ4v) is 8.47. The first-order valence-electron chi connectivity index (χ1n) is 17.3. The van der Waals surface area contributed by atoms with E-state index in [2.05, 4.69) is 9.97 Å². The molecule has 11 nitrogen and oxygen atoms in total. The van der Waals surface area contributed by atoms with Crippen molar-refractivity contribution < 1.29 is 23.8 Å². The first-order chi connectivity index (χ1) is 24.6. The molecule has 0 bridgehead atoms. The van der Waals surface area contributed by atoms with Gasteiger partial charge in [-0.2, -0.15) is 0 Å². The molecule has 2 aliphatic heterocycles. The van der Waals surface area contributed by atoms with Gasteiger partial charge >= 0.3 is 0 Å². The van der Waals surface area contributed by atoms with Gasteiger partial charge in [0.05, 0.1) is 24.6 Å². The first-order valence-corrected chi connectivity index (χ1v) is 18.1. The number of hydrogen-bond acceptors (Lipinski definition) is 8. The summed E-state index contributed by atoms with van der Waals surface area (Å²) in [5, 5.41) is 12.1. The topological polar surface area (TPSA) is 123 Å². The van der Waals surface area contributed by atoms with Gasteiger partial charge in [0.15, 0.2) is 0 Å². The molecule has 2 aliphatic rings. The highest BCUT2D eigenvalue weighted by molar-refractivity contribution is 7.17. The van der Waals surface area contributed by atoms with Crippen molar-refractivity contribution in [3.63, 3.8) is 0 Å². The number of pyridine rings is 1. The van der Waals surface area contributed by atoms with Crippen molar-refractivity contribution in [1.82, 2.24) is 28.9 Å². The van der Waals surface area contributed by atoms with Gasteiger partial charge < -0.3 is 24.2 Å². The normalized spacial score (nSPS) is 19.0. The minimum atomic E-state index is -1.17. The number of aliphatic hydroxyl groups is 1. The van der Waals surface area contributed by atoms with Gasteiger partial charge in [0.25, 0.3) is 11.5 Å². The van der Waals surface area contributed by atoms with Crippen LogP contribution < -0.4 is 10.3 Å². The Balaban J connectivity index is 1.05. The van der Waals surface area contributed by atoms with Gasteiger partial charge in [-0.25, -0.2) is 14.4 Å². The van der Waals surface area contributed by atoms with Crippen LogP contribution in [0, 0.1) is 18.7 Å². The Morgan fingerprint density at radius 1 is 1.06 bits per heavy atom. The Hall–Kier alpha value is -4.88. The van der Waals surface area contributed by atoms with Crippen LogP contribution in [-0.4, -0.2) is 84.7 Å². The summed E-state index contributed by atoms with van der Waals surface area (Å²) in [6, 6.07) is 16.4. The summed E-state index contributed by atoms with van der Waals surface area (Å²) in [6.45, 7) is 5.87. The molecular formula is C38H41FN6O5S. The van der Waals surface area contributed by atoms with Crippen molar-refractivity contribution in [2.45, 2.75) is 57.7 Å². The molecule has 0 unspecified atom stereocenters. The lowest BCUT2D eigenvalue weighted by Crippen LogP contribution is -2.53. The molecule has 4 aromatic heterocycles. The van der Waals surface area contributed by atoms with Crippen LogP contribution in [0.3, 0.4) is 0 Å². The van der Waals surface area contributed by atoms with Gasteiger partial charge in [0.2, 0.25) is 11.8 Å². The zero-order chi connectivity index (χ0) is 35.9. The lowest BCUT2D eigenvalue weighted by atomic mass is 9.79. The van der Waals surface area contributed by atoms with E-state index in [1.54, 1.807) is 21.9 Å². The van der Waals surface area contributed by atoms with E-state index >= 15 is 4.39 Å². The largest absolute Gasteiger partial charge is 0.481 e. The zero-order valence-corrected chi connectivity index (χ0v) is 29.7. The smallest absolute Gasteiger partial charge is 0.266 e. The Bertz CT molecular complexity index is 2140. The first kappa shape index (κ1) is 34.6. The molecule has 0 saturated carbocycles. The Labute approximate surface area is 298 Å². The Morgan fingerprint density at radius 2 is 1.82 bits per heavy atom. The van der Waals surface area contributed by atoms with E-state index in [-0.39, 0.29) is 35.4 Å². The lowest BCUT2D eigenvalue weighted by Gasteiger charge is -2.43. The number of methoxy groups -OCH3 is 1. The van der Waals surface area contributed by atoms with Crippen LogP contribution in [0.4, 0.5) is 4.39 Å². The fraction of sp³-hybridized carbons (Fsp3) is 0.395. The second-order valence-electron chi connectivity index (χ2n) is 13.6. The quantitative estimate of drug-likeness (QED) is 0.238. The summed E-state index contributed by atoms with van der Waals surface area (Å²) >= 11 is 1.10. The summed E-state index contributed by atoms with van der Waals surface area (Å²) in [6.07, 6.45) is 4.38. The summed E-state index contributed by atoms with van der Waals surface area (Å²) < 4.78 is 24.0. The number of nitrogens with zero attached hydrogens (tertiary/aromatic N) is 6. The molecule has 13 heteroatoms. The molecule has 1 N–H and O–H groups in total. The van der Waals surface area contributed by atoms with Crippen LogP contribution in [0.25, 0.3) is 21.5 Å². The fourth-order valence-electron chi connectivity index (χ4n) is 7.48. The van der Waals surface area contributed by atoms with Crippen molar-refractivity contribution in [3.05, 3.63) is 99.4 Å². The molecule has 2 fully saturated rings. The molecule has 2 atom stereocenters. The number of aryl methyl sites for hydroxylation is 2. The number of ether oxygens (including phenoxy) is 1. The number of thiophene rings is 1. The average molecular weight is 713 g/mol. The van der Waals surface area contributed by atoms with Crippen molar-refractivity contribution in [2.75, 3.05) is 33.3 Å². The van der Waals surface area contributed by atoms with Crippen molar-refractivity contribution in [1.29, 1.82) is 0 Å². The average Bonchev–Trinajstić information content (AvgIpc) is 3.76. The molecule has 2 amide bonds. The maximum absolute atomic E-state index is 15.4. The Morgan fingerprint density at radius 3 is 2.55 bits per heavy atom. The number of carbonyl (C=O) groups excluding carboxylic acids is 2. The minimum Gasteiger partial charge on any atom is -0.481 e. The third-order valence-corrected chi connectivity index (χ3v) is 11.5. The van der Waals surface area contributed by atoms with Crippen LogP contribution in [0.1, 0.15) is 53.0 Å². The monoisotopic (exact) mass is 712 g/mol. The number of fused-ring (bicyclic) bond motifs is 1. The molecule has 0 spiro atoms. The molecule has 51 heavy (non-hydrogen) atoms.